The summed E-state index contributed by atoms with van der Waals surface area (Å²) in [6.07, 6.45) is -0.683. The van der Waals surface area contributed by atoms with Gasteiger partial charge in [0.05, 0.1) is 13.2 Å². The Hall–Kier alpha value is -1.37. The third-order valence-electron chi connectivity index (χ3n) is 3.48. The molecule has 0 heterocycles. The van der Waals surface area contributed by atoms with Crippen molar-refractivity contribution in [2.24, 2.45) is 0 Å². The Morgan fingerprint density at radius 2 is 1.61 bits per heavy atom. The second kappa shape index (κ2) is 10.4. The maximum atomic E-state index is 10.1. The van der Waals surface area contributed by atoms with E-state index in [-0.39, 0.29) is 32.2 Å². The largest absolute Gasteiger partial charge is 0.490 e. The van der Waals surface area contributed by atoms with E-state index in [9.17, 15) is 5.11 Å². The zero-order valence-corrected chi connectivity index (χ0v) is 13.8. The average molecular weight is 342 g/mol. The van der Waals surface area contributed by atoms with Crippen LogP contribution >= 0.6 is 12.4 Å². The van der Waals surface area contributed by atoms with Crippen molar-refractivity contribution in [3.05, 3.63) is 42.5 Å². The minimum Gasteiger partial charge on any atom is -0.490 e. The number of ether oxygens (including phenoxy) is 1. The first-order valence-corrected chi connectivity index (χ1v) is 7.47. The number of aliphatic hydroxyl groups is 3. The lowest BCUT2D eigenvalue weighted by molar-refractivity contribution is 0.0556. The highest BCUT2D eigenvalue weighted by Gasteiger charge is 2.12. The minimum atomic E-state index is -0.683. The molecule has 0 amide bonds. The van der Waals surface area contributed by atoms with Crippen LogP contribution in [0, 0.1) is 0 Å². The number of hydrogen-bond acceptors (Lipinski definition) is 5. The number of hydrogen-bond donors (Lipinski definition) is 3. The van der Waals surface area contributed by atoms with Gasteiger partial charge in [-0.15, -0.1) is 12.4 Å². The van der Waals surface area contributed by atoms with E-state index in [1.807, 2.05) is 42.5 Å². The average Bonchev–Trinajstić information content (AvgIpc) is 2.53. The fraction of sp³-hybridized carbons (Fsp3) is 0.412. The summed E-state index contributed by atoms with van der Waals surface area (Å²) in [5, 5.41) is 30.1. The first-order chi connectivity index (χ1) is 10.7. The summed E-state index contributed by atoms with van der Waals surface area (Å²) in [4.78, 5) is 1.80. The molecule has 0 aliphatic rings. The Balaban J connectivity index is 0.00000264. The van der Waals surface area contributed by atoms with Gasteiger partial charge < -0.3 is 20.1 Å². The lowest BCUT2D eigenvalue weighted by Crippen LogP contribution is -2.38. The van der Waals surface area contributed by atoms with Crippen LogP contribution in [0.2, 0.25) is 0 Å². The molecule has 2 aromatic carbocycles. The summed E-state index contributed by atoms with van der Waals surface area (Å²) in [6.45, 7) is 1.36. The van der Waals surface area contributed by atoms with Crippen molar-refractivity contribution in [3.8, 4) is 5.75 Å². The smallest absolute Gasteiger partial charge is 0.127 e. The molecule has 3 N–H and O–H groups in total. The van der Waals surface area contributed by atoms with E-state index in [4.69, 9.17) is 14.9 Å². The maximum absolute atomic E-state index is 10.1. The van der Waals surface area contributed by atoms with Crippen LogP contribution in [0.1, 0.15) is 0 Å². The molecule has 0 saturated carbocycles. The maximum Gasteiger partial charge on any atom is 0.127 e. The van der Waals surface area contributed by atoms with Gasteiger partial charge in [-0.05, 0) is 11.5 Å². The topological polar surface area (TPSA) is 73.2 Å². The molecule has 0 aliphatic carbocycles. The fourth-order valence-corrected chi connectivity index (χ4v) is 2.44. The van der Waals surface area contributed by atoms with Gasteiger partial charge in [-0.25, -0.2) is 0 Å². The molecule has 6 heteroatoms. The monoisotopic (exact) mass is 341 g/mol. The van der Waals surface area contributed by atoms with Gasteiger partial charge in [-0.3, -0.25) is 4.90 Å². The standard InChI is InChI=1S/C17H23NO4.ClH/c19-10-8-18(9-11-20)12-15(21)13-22-17-7-3-5-14-4-1-2-6-16(14)17;/h1-7,15,19-21H,8-13H2;1H. The van der Waals surface area contributed by atoms with Crippen LogP contribution < -0.4 is 4.74 Å². The van der Waals surface area contributed by atoms with Gasteiger partial charge in [-0.2, -0.15) is 0 Å². The Labute approximate surface area is 142 Å². The highest BCUT2D eigenvalue weighted by atomic mass is 35.5. The van der Waals surface area contributed by atoms with Crippen LogP contribution in [0.4, 0.5) is 0 Å². The predicted octanol–water partition coefficient (Wildman–Crippen LogP) is 1.29. The third kappa shape index (κ3) is 5.97. The second-order valence-electron chi connectivity index (χ2n) is 5.19. The number of rotatable bonds is 9. The van der Waals surface area contributed by atoms with Gasteiger partial charge in [0, 0.05) is 25.0 Å². The summed E-state index contributed by atoms with van der Waals surface area (Å²) in [5.41, 5.74) is 0. The molecule has 2 aromatic rings. The van der Waals surface area contributed by atoms with Crippen molar-refractivity contribution in [1.82, 2.24) is 4.90 Å². The Kier molecular flexibility index (Phi) is 8.91. The van der Waals surface area contributed by atoms with Crippen molar-refractivity contribution >= 4 is 23.2 Å². The molecule has 128 valence electrons. The summed E-state index contributed by atoms with van der Waals surface area (Å²) in [6, 6.07) is 13.8. The SMILES string of the molecule is Cl.OCCN(CCO)CC(O)COc1cccc2ccccc12. The highest BCUT2D eigenvalue weighted by Crippen LogP contribution is 2.25. The molecule has 5 nitrogen and oxygen atoms in total. The Morgan fingerprint density at radius 1 is 0.957 bits per heavy atom. The molecule has 0 fully saturated rings. The molecular formula is C17H24ClNO4. The van der Waals surface area contributed by atoms with E-state index in [0.29, 0.717) is 19.6 Å². The van der Waals surface area contributed by atoms with Crippen LogP contribution in [0.3, 0.4) is 0 Å². The molecule has 0 radical (unpaired) electrons. The third-order valence-corrected chi connectivity index (χ3v) is 3.48. The van der Waals surface area contributed by atoms with E-state index >= 15 is 0 Å². The van der Waals surface area contributed by atoms with E-state index in [2.05, 4.69) is 0 Å². The van der Waals surface area contributed by atoms with Gasteiger partial charge >= 0.3 is 0 Å². The molecule has 0 bridgehead atoms. The number of nitrogens with zero attached hydrogens (tertiary/aromatic N) is 1. The van der Waals surface area contributed by atoms with Crippen LogP contribution in [-0.2, 0) is 0 Å². The van der Waals surface area contributed by atoms with E-state index < -0.39 is 6.10 Å². The van der Waals surface area contributed by atoms with Crippen LogP contribution in [0.15, 0.2) is 42.5 Å². The summed E-state index contributed by atoms with van der Waals surface area (Å²) < 4.78 is 5.74. The van der Waals surface area contributed by atoms with Gasteiger partial charge in [0.2, 0.25) is 0 Å². The number of aliphatic hydroxyl groups excluding tert-OH is 3. The summed E-state index contributed by atoms with van der Waals surface area (Å²) >= 11 is 0. The molecule has 1 unspecified atom stereocenters. The normalized spacial score (nSPS) is 12.2. The highest BCUT2D eigenvalue weighted by molar-refractivity contribution is 5.88. The predicted molar refractivity (Wildman–Crippen MR) is 93.3 cm³/mol. The van der Waals surface area contributed by atoms with Gasteiger partial charge in [0.25, 0.3) is 0 Å². The fourth-order valence-electron chi connectivity index (χ4n) is 2.44. The first-order valence-electron chi connectivity index (χ1n) is 7.47. The molecule has 0 aromatic heterocycles. The quantitative estimate of drug-likeness (QED) is 0.641. The zero-order valence-electron chi connectivity index (χ0n) is 13.0. The van der Waals surface area contributed by atoms with Crippen molar-refractivity contribution < 1.29 is 20.1 Å². The molecule has 0 aliphatic heterocycles. The Bertz CT molecular complexity index is 570. The Morgan fingerprint density at radius 3 is 2.30 bits per heavy atom. The van der Waals surface area contributed by atoms with Gasteiger partial charge in [0.1, 0.15) is 18.5 Å². The molecule has 2 rings (SSSR count). The van der Waals surface area contributed by atoms with Crippen LogP contribution in [0.25, 0.3) is 10.8 Å². The second-order valence-corrected chi connectivity index (χ2v) is 5.19. The van der Waals surface area contributed by atoms with Gasteiger partial charge in [-0.1, -0.05) is 36.4 Å². The molecular weight excluding hydrogens is 318 g/mol. The lowest BCUT2D eigenvalue weighted by atomic mass is 10.1. The summed E-state index contributed by atoms with van der Waals surface area (Å²) in [5.74, 6) is 0.744. The van der Waals surface area contributed by atoms with Crippen molar-refractivity contribution in [1.29, 1.82) is 0 Å². The van der Waals surface area contributed by atoms with Gasteiger partial charge in [0.15, 0.2) is 0 Å². The van der Waals surface area contributed by atoms with Crippen molar-refractivity contribution in [2.75, 3.05) is 39.5 Å². The minimum absolute atomic E-state index is 0. The van der Waals surface area contributed by atoms with Crippen LogP contribution in [-0.4, -0.2) is 65.8 Å². The van der Waals surface area contributed by atoms with Crippen molar-refractivity contribution in [2.45, 2.75) is 6.10 Å². The van der Waals surface area contributed by atoms with E-state index in [1.165, 1.54) is 0 Å². The molecule has 1 atom stereocenters. The van der Waals surface area contributed by atoms with Crippen LogP contribution in [0.5, 0.6) is 5.75 Å². The van der Waals surface area contributed by atoms with E-state index in [1.54, 1.807) is 4.90 Å². The molecule has 23 heavy (non-hydrogen) atoms. The molecule has 0 spiro atoms. The number of benzene rings is 2. The lowest BCUT2D eigenvalue weighted by Gasteiger charge is -2.23. The number of halogens is 1. The zero-order chi connectivity index (χ0) is 15.8. The first kappa shape index (κ1) is 19.7. The van der Waals surface area contributed by atoms with Crippen molar-refractivity contribution in [3.63, 3.8) is 0 Å². The molecule has 0 saturated heterocycles. The number of fused-ring (bicyclic) bond motifs is 1. The summed E-state index contributed by atoms with van der Waals surface area (Å²) in [7, 11) is 0. The van der Waals surface area contributed by atoms with E-state index in [0.717, 1.165) is 16.5 Å².